The van der Waals surface area contributed by atoms with Gasteiger partial charge in [-0.3, -0.25) is 24.1 Å². The molecule has 5 aliphatic heterocycles. The van der Waals surface area contributed by atoms with Gasteiger partial charge in [0.2, 0.25) is 17.7 Å². The largest absolute Gasteiger partial charge is 0.455 e. The maximum atomic E-state index is 15.0. The minimum absolute atomic E-state index is 0.0647. The van der Waals surface area contributed by atoms with Gasteiger partial charge in [-0.25, -0.2) is 0 Å². The van der Waals surface area contributed by atoms with Crippen LogP contribution in [0.4, 0.5) is 0 Å². The lowest BCUT2D eigenvalue weighted by molar-refractivity contribution is -0.160. The zero-order valence-corrected chi connectivity index (χ0v) is 28.7. The molecule has 51 heavy (non-hydrogen) atoms. The van der Waals surface area contributed by atoms with Crippen molar-refractivity contribution in [1.29, 1.82) is 0 Å². The van der Waals surface area contributed by atoms with Gasteiger partial charge in [-0.1, -0.05) is 85.0 Å². The third-order valence-electron chi connectivity index (χ3n) is 10.8. The number of carbonyl (C=O) groups excluding carboxylic acids is 4. The van der Waals surface area contributed by atoms with Crippen LogP contribution in [0.1, 0.15) is 30.1 Å². The molecule has 7 atom stereocenters. The number of hydrogen-bond donors (Lipinski definition) is 2. The molecular weight excluding hydrogens is 652 g/mol. The molecule has 7 rings (SSSR count). The van der Waals surface area contributed by atoms with Gasteiger partial charge in [0.1, 0.15) is 23.7 Å². The fraction of sp³-hybridized carbons (Fsp3) is 0.487. The van der Waals surface area contributed by atoms with Crippen molar-refractivity contribution in [3.63, 3.8) is 0 Å². The van der Waals surface area contributed by atoms with E-state index in [0.29, 0.717) is 51.3 Å². The molecule has 270 valence electrons. The molecular formula is C39H46N4O8. The lowest BCUT2D eigenvalue weighted by atomic mass is 9.78. The predicted octanol–water partition coefficient (Wildman–Crippen LogP) is 1.65. The molecule has 2 aromatic rings. The number of aliphatic hydroxyl groups excluding tert-OH is 1. The molecule has 12 nitrogen and oxygen atoms in total. The molecule has 5 aliphatic rings. The number of nitrogens with zero attached hydrogens (tertiary/aromatic N) is 3. The van der Waals surface area contributed by atoms with Crippen molar-refractivity contribution in [3.8, 4) is 0 Å². The van der Waals surface area contributed by atoms with Crippen molar-refractivity contribution in [1.82, 2.24) is 20.0 Å². The average Bonchev–Trinajstić information content (AvgIpc) is 3.55. The molecule has 3 fully saturated rings. The molecule has 0 saturated carbocycles. The van der Waals surface area contributed by atoms with Crippen LogP contribution in [0.3, 0.4) is 0 Å². The van der Waals surface area contributed by atoms with Crippen LogP contribution in [0.2, 0.25) is 0 Å². The first-order valence-electron chi connectivity index (χ1n) is 18.0. The summed E-state index contributed by atoms with van der Waals surface area (Å²) in [7, 11) is 0. The number of allylic oxidation sites excluding steroid dienone is 1. The Morgan fingerprint density at radius 1 is 0.922 bits per heavy atom. The van der Waals surface area contributed by atoms with Crippen molar-refractivity contribution in [2.75, 3.05) is 59.1 Å². The van der Waals surface area contributed by atoms with E-state index in [1.54, 1.807) is 23.1 Å². The number of carbonyl (C=O) groups is 4. The number of esters is 1. The molecule has 0 bridgehead atoms. The van der Waals surface area contributed by atoms with Crippen LogP contribution < -0.4 is 5.32 Å². The number of cyclic esters (lactones) is 1. The van der Waals surface area contributed by atoms with Crippen LogP contribution in [0, 0.1) is 11.8 Å². The Balaban J connectivity index is 1.27. The number of nitrogens with one attached hydrogen (secondary N) is 1. The molecule has 0 radical (unpaired) electrons. The van der Waals surface area contributed by atoms with Gasteiger partial charge in [-0.05, 0) is 24.0 Å². The molecule has 5 heterocycles. The first-order chi connectivity index (χ1) is 24.9. The Morgan fingerprint density at radius 3 is 2.41 bits per heavy atom. The number of fused-ring (bicyclic) bond motifs is 2. The van der Waals surface area contributed by atoms with E-state index in [1.165, 1.54) is 4.90 Å². The fourth-order valence-corrected chi connectivity index (χ4v) is 8.21. The number of benzene rings is 2. The number of ether oxygens (including phenoxy) is 3. The molecule has 1 spiro atoms. The number of rotatable bonds is 8. The first-order valence-corrected chi connectivity index (χ1v) is 18.0. The summed E-state index contributed by atoms with van der Waals surface area (Å²) in [5, 5.41) is 13.7. The highest BCUT2D eigenvalue weighted by atomic mass is 16.6. The van der Waals surface area contributed by atoms with Crippen molar-refractivity contribution in [3.05, 3.63) is 96.1 Å². The molecule has 0 aliphatic carbocycles. The Labute approximate surface area is 298 Å². The van der Waals surface area contributed by atoms with Crippen molar-refractivity contribution >= 4 is 23.7 Å². The van der Waals surface area contributed by atoms with Gasteiger partial charge in [-0.15, -0.1) is 0 Å². The summed E-state index contributed by atoms with van der Waals surface area (Å²) < 4.78 is 18.6. The highest BCUT2D eigenvalue weighted by Crippen LogP contribution is 2.54. The fourth-order valence-electron chi connectivity index (χ4n) is 8.21. The number of morpholine rings is 1. The first kappa shape index (κ1) is 35.1. The number of hydrogen-bond acceptors (Lipinski definition) is 9. The Kier molecular flexibility index (Phi) is 10.6. The summed E-state index contributed by atoms with van der Waals surface area (Å²) in [5.74, 6) is -3.73. The smallest absolute Gasteiger partial charge is 0.313 e. The van der Waals surface area contributed by atoms with Gasteiger partial charge >= 0.3 is 5.97 Å². The average molecular weight is 699 g/mol. The number of aliphatic hydroxyl groups is 1. The van der Waals surface area contributed by atoms with Crippen LogP contribution in [-0.4, -0.2) is 126 Å². The van der Waals surface area contributed by atoms with E-state index >= 15 is 0 Å². The van der Waals surface area contributed by atoms with Crippen LogP contribution in [-0.2, 0) is 39.8 Å². The van der Waals surface area contributed by atoms with Crippen molar-refractivity contribution < 1.29 is 38.5 Å². The van der Waals surface area contributed by atoms with E-state index in [2.05, 4.69) is 10.2 Å². The SMILES string of the molecule is O=C1CC/C=C\[C@H]2O[C@]34C=CCN(CCN5CCOCC5)C(=O)[C@H]3N([C@@H](CO)Cc3ccccc3)C(=O)[C@@H]4[C@H]2C(=O)O[C@H](c2ccccc2)CN1. The molecule has 2 aromatic carbocycles. The highest BCUT2D eigenvalue weighted by Gasteiger charge is 2.72. The number of amides is 3. The van der Waals surface area contributed by atoms with E-state index in [-0.39, 0.29) is 31.4 Å². The molecule has 0 aromatic heterocycles. The second-order valence-electron chi connectivity index (χ2n) is 13.9. The van der Waals surface area contributed by atoms with Crippen LogP contribution in [0.25, 0.3) is 0 Å². The predicted molar refractivity (Wildman–Crippen MR) is 186 cm³/mol. The maximum Gasteiger partial charge on any atom is 0.313 e. The molecule has 3 amide bonds. The molecule has 2 N–H and O–H groups in total. The van der Waals surface area contributed by atoms with Crippen molar-refractivity contribution in [2.24, 2.45) is 11.8 Å². The zero-order valence-electron chi connectivity index (χ0n) is 28.7. The Morgan fingerprint density at radius 2 is 1.67 bits per heavy atom. The van der Waals surface area contributed by atoms with E-state index in [1.807, 2.05) is 66.7 Å². The Hall–Kier alpha value is -4.36. The third kappa shape index (κ3) is 7.10. The lowest BCUT2D eigenvalue weighted by Gasteiger charge is -2.39. The van der Waals surface area contributed by atoms with Crippen LogP contribution >= 0.6 is 0 Å². The van der Waals surface area contributed by atoms with E-state index < -0.39 is 53.6 Å². The quantitative estimate of drug-likeness (QED) is 0.312. The number of likely N-dealkylation sites (tertiary alicyclic amines) is 1. The summed E-state index contributed by atoms with van der Waals surface area (Å²) in [6.07, 6.45) is 6.41. The summed E-state index contributed by atoms with van der Waals surface area (Å²) in [6, 6.07) is 16.8. The normalized spacial score (nSPS) is 31.4. The highest BCUT2D eigenvalue weighted by molar-refractivity contribution is 5.99. The minimum atomic E-state index is -1.50. The van der Waals surface area contributed by atoms with Gasteiger partial charge in [0.25, 0.3) is 0 Å². The minimum Gasteiger partial charge on any atom is -0.455 e. The summed E-state index contributed by atoms with van der Waals surface area (Å²) >= 11 is 0. The third-order valence-corrected chi connectivity index (χ3v) is 10.8. The van der Waals surface area contributed by atoms with Gasteiger partial charge in [0.15, 0.2) is 0 Å². The van der Waals surface area contributed by atoms with Crippen LogP contribution in [0.5, 0.6) is 0 Å². The topological polar surface area (TPSA) is 138 Å². The summed E-state index contributed by atoms with van der Waals surface area (Å²) in [6.45, 7) is 3.87. The second kappa shape index (κ2) is 15.5. The second-order valence-corrected chi connectivity index (χ2v) is 13.9. The van der Waals surface area contributed by atoms with Gasteiger partial charge in [0.05, 0.1) is 44.4 Å². The van der Waals surface area contributed by atoms with Gasteiger partial charge < -0.3 is 34.4 Å². The van der Waals surface area contributed by atoms with E-state index in [0.717, 1.165) is 18.7 Å². The Bertz CT molecular complexity index is 1630. The van der Waals surface area contributed by atoms with Crippen LogP contribution in [0.15, 0.2) is 85.0 Å². The lowest BCUT2D eigenvalue weighted by Crippen LogP contribution is -2.59. The van der Waals surface area contributed by atoms with E-state index in [4.69, 9.17) is 14.2 Å². The molecule has 12 heteroatoms. The summed E-state index contributed by atoms with van der Waals surface area (Å²) in [4.78, 5) is 62.5. The summed E-state index contributed by atoms with van der Waals surface area (Å²) in [5.41, 5.74) is 0.0993. The standard InChI is InChI=1S/C39H46N4O8/c44-26-29(24-27-10-3-1-4-11-27)43-35-37(47)42(19-18-41-20-22-49-23-21-41)17-9-16-39(35)34(36(43)46)33-30(51-39)14-7-8-15-32(45)40-25-31(50-38(33)48)28-12-5-2-6-13-28/h1-7,9-14,16,29-31,33-35,44H,8,15,17-26H2,(H,40,45)/b14-7-/t29-,30-,31+,33+,34+,35-,39+/m1/s1. The van der Waals surface area contributed by atoms with Crippen molar-refractivity contribution in [2.45, 2.75) is 49.2 Å². The maximum absolute atomic E-state index is 15.0. The molecule has 0 unspecified atom stereocenters. The zero-order chi connectivity index (χ0) is 35.4. The molecule has 3 saturated heterocycles. The van der Waals surface area contributed by atoms with Gasteiger partial charge in [-0.2, -0.15) is 0 Å². The van der Waals surface area contributed by atoms with Gasteiger partial charge in [0, 0.05) is 39.1 Å². The monoisotopic (exact) mass is 698 g/mol. The van der Waals surface area contributed by atoms with E-state index in [9.17, 15) is 24.3 Å².